The highest BCUT2D eigenvalue weighted by atomic mass is 32.2. The normalized spacial score (nSPS) is 15.8. The van der Waals surface area contributed by atoms with Gasteiger partial charge in [0.05, 0.1) is 26.4 Å². The van der Waals surface area contributed by atoms with Crippen LogP contribution >= 0.6 is 23.5 Å². The van der Waals surface area contributed by atoms with E-state index in [-0.39, 0.29) is 20.9 Å². The van der Waals surface area contributed by atoms with Crippen LogP contribution in [0.2, 0.25) is 36.3 Å². The van der Waals surface area contributed by atoms with Crippen LogP contribution in [0.5, 0.6) is 0 Å². The van der Waals surface area contributed by atoms with Crippen LogP contribution in [-0.4, -0.2) is 65.4 Å². The number of thioether (sulfide) groups is 2. The monoisotopic (exact) mass is 526 g/mol. The molecule has 8 heteroatoms. The fourth-order valence-electron chi connectivity index (χ4n) is 2.25. The molecule has 0 rings (SSSR count). The van der Waals surface area contributed by atoms with Crippen molar-refractivity contribution >= 4 is 40.2 Å². The summed E-state index contributed by atoms with van der Waals surface area (Å²) >= 11 is 3.80. The summed E-state index contributed by atoms with van der Waals surface area (Å²) < 4.78 is 24.2. The first-order chi connectivity index (χ1) is 14.5. The zero-order valence-electron chi connectivity index (χ0n) is 23.3. The zero-order valence-corrected chi connectivity index (χ0v) is 26.9. The summed E-state index contributed by atoms with van der Waals surface area (Å²) in [5.41, 5.74) is 0.461. The van der Waals surface area contributed by atoms with E-state index in [0.717, 1.165) is 11.5 Å². The first-order valence-electron chi connectivity index (χ1n) is 12.2. The smallest absolute Gasteiger partial charge is 0.192 e. The van der Waals surface area contributed by atoms with E-state index in [2.05, 4.69) is 81.6 Å². The van der Waals surface area contributed by atoms with Gasteiger partial charge in [0.15, 0.2) is 16.6 Å². The Morgan fingerprint density at radius 1 is 0.594 bits per heavy atom. The zero-order chi connectivity index (χ0) is 25.1. The van der Waals surface area contributed by atoms with Crippen LogP contribution in [0, 0.1) is 0 Å². The van der Waals surface area contributed by atoms with E-state index in [9.17, 15) is 0 Å². The summed E-state index contributed by atoms with van der Waals surface area (Å²) in [7, 11) is -3.32. The summed E-state index contributed by atoms with van der Waals surface area (Å²) in [4.78, 5) is 0. The molecule has 4 nitrogen and oxygen atoms in total. The Labute approximate surface area is 211 Å². The maximum atomic E-state index is 6.17. The van der Waals surface area contributed by atoms with Gasteiger partial charge in [-0.2, -0.15) is 0 Å². The highest BCUT2D eigenvalue weighted by Gasteiger charge is 2.37. The Bertz CT molecular complexity index is 447. The van der Waals surface area contributed by atoms with E-state index in [0.29, 0.717) is 26.4 Å². The average molecular weight is 527 g/mol. The van der Waals surface area contributed by atoms with Gasteiger partial charge in [-0.05, 0) is 74.5 Å². The lowest BCUT2D eigenvalue weighted by atomic mass is 10.2. The number of unbranched alkanes of at least 4 members (excludes halogenated alkanes) is 1. The Balaban J connectivity index is 3.68. The van der Waals surface area contributed by atoms with Gasteiger partial charge in [0.1, 0.15) is 10.9 Å². The lowest BCUT2D eigenvalue weighted by molar-refractivity contribution is 0.0871. The van der Waals surface area contributed by atoms with Crippen LogP contribution in [0.25, 0.3) is 0 Å². The fraction of sp³-hybridized carbons (Fsp3) is 1.00. The Kier molecular flexibility index (Phi) is 15.6. The van der Waals surface area contributed by atoms with Crippen molar-refractivity contribution < 1.29 is 18.3 Å². The quantitative estimate of drug-likeness (QED) is 0.109. The second-order valence-corrected chi connectivity index (χ2v) is 24.0. The molecule has 2 atom stereocenters. The maximum absolute atomic E-state index is 6.17. The van der Waals surface area contributed by atoms with Crippen LogP contribution in [0.4, 0.5) is 0 Å². The third kappa shape index (κ3) is 14.4. The Morgan fingerprint density at radius 2 is 0.906 bits per heavy atom. The predicted octanol–water partition coefficient (Wildman–Crippen LogP) is 8.00. The van der Waals surface area contributed by atoms with E-state index in [4.69, 9.17) is 18.3 Å². The minimum Gasteiger partial charge on any atom is -0.414 e. The summed E-state index contributed by atoms with van der Waals surface area (Å²) in [5.74, 6) is 2.28. The molecule has 0 aliphatic heterocycles. The van der Waals surface area contributed by atoms with Crippen molar-refractivity contribution in [3.8, 4) is 0 Å². The Hall–Kier alpha value is 0.974. The molecular weight excluding hydrogens is 473 g/mol. The maximum Gasteiger partial charge on any atom is 0.192 e. The average Bonchev–Trinajstić information content (AvgIpc) is 2.63. The number of rotatable bonds is 17. The van der Waals surface area contributed by atoms with Gasteiger partial charge < -0.3 is 18.3 Å². The van der Waals surface area contributed by atoms with Gasteiger partial charge in [-0.3, -0.25) is 0 Å². The van der Waals surface area contributed by atoms with Crippen LogP contribution < -0.4 is 0 Å². The van der Waals surface area contributed by atoms with Crippen molar-refractivity contribution in [1.29, 1.82) is 0 Å². The van der Waals surface area contributed by atoms with Crippen molar-refractivity contribution in [2.24, 2.45) is 0 Å². The SMILES string of the molecule is CC(OCCO[Si](C)(C)C(C)(C)C)SCCCCSC(C)OCCO[Si](C)(C)C(C)(C)C. The molecule has 0 heterocycles. The molecule has 0 aromatic heterocycles. The van der Waals surface area contributed by atoms with Gasteiger partial charge in [0.2, 0.25) is 0 Å². The van der Waals surface area contributed by atoms with Crippen molar-refractivity contribution in [1.82, 2.24) is 0 Å². The first kappa shape index (κ1) is 33.0. The number of ether oxygens (including phenoxy) is 2. The van der Waals surface area contributed by atoms with Gasteiger partial charge in [-0.15, -0.1) is 23.5 Å². The second kappa shape index (κ2) is 15.2. The highest BCUT2D eigenvalue weighted by molar-refractivity contribution is 8.00. The molecular formula is C24H54O4S2Si2. The van der Waals surface area contributed by atoms with Crippen molar-refractivity contribution in [3.63, 3.8) is 0 Å². The Morgan fingerprint density at radius 3 is 1.19 bits per heavy atom. The molecule has 0 aliphatic rings. The summed E-state index contributed by atoms with van der Waals surface area (Å²) in [6.45, 7) is 29.9. The van der Waals surface area contributed by atoms with Gasteiger partial charge in [0, 0.05) is 0 Å². The molecule has 0 saturated carbocycles. The van der Waals surface area contributed by atoms with E-state index in [1.54, 1.807) is 0 Å². The van der Waals surface area contributed by atoms with Crippen LogP contribution in [0.15, 0.2) is 0 Å². The van der Waals surface area contributed by atoms with E-state index in [1.807, 2.05) is 23.5 Å². The standard InChI is InChI=1S/C24H54O4S2Si2/c1-21(25-15-17-27-31(9,10)23(3,4)5)29-19-13-14-20-30-22(2)26-16-18-28-32(11,12)24(6,7)8/h21-22H,13-20H2,1-12H3. The minimum atomic E-state index is -1.66. The fourth-order valence-corrected chi connectivity index (χ4v) is 6.10. The predicted molar refractivity (Wildman–Crippen MR) is 151 cm³/mol. The molecule has 2 unspecified atom stereocenters. The van der Waals surface area contributed by atoms with Gasteiger partial charge in [0.25, 0.3) is 0 Å². The van der Waals surface area contributed by atoms with Gasteiger partial charge in [-0.25, -0.2) is 0 Å². The van der Waals surface area contributed by atoms with Crippen LogP contribution in [0.3, 0.4) is 0 Å². The third-order valence-electron chi connectivity index (χ3n) is 6.65. The lowest BCUT2D eigenvalue weighted by Gasteiger charge is -2.36. The summed E-state index contributed by atoms with van der Waals surface area (Å²) in [5, 5.41) is 0.513. The molecule has 0 bridgehead atoms. The molecule has 0 fully saturated rings. The third-order valence-corrected chi connectivity index (χ3v) is 18.0. The van der Waals surface area contributed by atoms with E-state index >= 15 is 0 Å². The minimum absolute atomic E-state index is 0.230. The van der Waals surface area contributed by atoms with Crippen molar-refractivity contribution in [2.75, 3.05) is 37.9 Å². The van der Waals surface area contributed by atoms with Gasteiger partial charge in [-0.1, -0.05) is 41.5 Å². The summed E-state index contributed by atoms with van der Waals surface area (Å²) in [6, 6.07) is 0. The van der Waals surface area contributed by atoms with Gasteiger partial charge >= 0.3 is 0 Å². The molecule has 0 N–H and O–H groups in total. The molecule has 32 heavy (non-hydrogen) atoms. The molecule has 0 saturated heterocycles. The number of hydrogen-bond donors (Lipinski definition) is 0. The molecule has 0 aliphatic carbocycles. The number of hydrogen-bond acceptors (Lipinski definition) is 6. The van der Waals surface area contributed by atoms with E-state index in [1.165, 1.54) is 12.8 Å². The summed E-state index contributed by atoms with van der Waals surface area (Å²) in [6.07, 6.45) is 2.43. The highest BCUT2D eigenvalue weighted by Crippen LogP contribution is 2.37. The first-order valence-corrected chi connectivity index (χ1v) is 20.2. The van der Waals surface area contributed by atoms with Crippen molar-refractivity contribution in [2.45, 2.75) is 115 Å². The van der Waals surface area contributed by atoms with Crippen LogP contribution in [0.1, 0.15) is 68.2 Å². The van der Waals surface area contributed by atoms with Crippen molar-refractivity contribution in [3.05, 3.63) is 0 Å². The van der Waals surface area contributed by atoms with E-state index < -0.39 is 16.6 Å². The largest absolute Gasteiger partial charge is 0.414 e. The molecule has 0 radical (unpaired) electrons. The second-order valence-electron chi connectivity index (χ2n) is 11.5. The van der Waals surface area contributed by atoms with Crippen LogP contribution in [-0.2, 0) is 18.3 Å². The molecule has 0 aromatic carbocycles. The molecule has 194 valence electrons. The molecule has 0 amide bonds. The topological polar surface area (TPSA) is 36.9 Å². The molecule has 0 aromatic rings. The molecule has 0 spiro atoms. The lowest BCUT2D eigenvalue weighted by Crippen LogP contribution is -2.41.